The molecular formula is C17H22FNO5. The Hall–Kier alpha value is -2.57. The van der Waals surface area contributed by atoms with Crippen molar-refractivity contribution in [1.82, 2.24) is 5.32 Å². The average molecular weight is 339 g/mol. The van der Waals surface area contributed by atoms with Crippen molar-refractivity contribution in [2.45, 2.75) is 38.8 Å². The van der Waals surface area contributed by atoms with Crippen molar-refractivity contribution in [2.75, 3.05) is 6.61 Å². The number of carboxylic acids is 1. The lowest BCUT2D eigenvalue weighted by molar-refractivity contribution is -0.139. The Balaban J connectivity index is 2.78. The van der Waals surface area contributed by atoms with Gasteiger partial charge in [0, 0.05) is 6.42 Å². The summed E-state index contributed by atoms with van der Waals surface area (Å²) < 4.78 is 24.0. The van der Waals surface area contributed by atoms with Crippen LogP contribution >= 0.6 is 0 Å². The van der Waals surface area contributed by atoms with E-state index in [1.807, 2.05) is 0 Å². The first-order valence-corrected chi connectivity index (χ1v) is 7.37. The van der Waals surface area contributed by atoms with E-state index >= 15 is 0 Å². The highest BCUT2D eigenvalue weighted by molar-refractivity contribution is 5.80. The first-order chi connectivity index (χ1) is 11.1. The molecule has 0 aromatic heterocycles. The van der Waals surface area contributed by atoms with Crippen LogP contribution in [-0.4, -0.2) is 35.4 Å². The molecule has 0 aliphatic carbocycles. The van der Waals surface area contributed by atoms with Crippen LogP contribution in [0.15, 0.2) is 30.9 Å². The first-order valence-electron chi connectivity index (χ1n) is 7.37. The minimum absolute atomic E-state index is 0.0469. The van der Waals surface area contributed by atoms with Crippen LogP contribution in [0.1, 0.15) is 26.3 Å². The maximum absolute atomic E-state index is 13.9. The van der Waals surface area contributed by atoms with Crippen LogP contribution in [-0.2, 0) is 16.0 Å². The topological polar surface area (TPSA) is 84.9 Å². The number of rotatable bonds is 7. The molecule has 0 bridgehead atoms. The maximum atomic E-state index is 13.9. The second-order valence-corrected chi connectivity index (χ2v) is 6.11. The molecule has 7 heteroatoms. The van der Waals surface area contributed by atoms with Gasteiger partial charge in [-0.25, -0.2) is 14.0 Å². The van der Waals surface area contributed by atoms with Crippen molar-refractivity contribution in [2.24, 2.45) is 0 Å². The molecule has 132 valence electrons. The molecule has 1 aromatic rings. The molecule has 2 N–H and O–H groups in total. The summed E-state index contributed by atoms with van der Waals surface area (Å²) in [5, 5.41) is 11.5. The van der Waals surface area contributed by atoms with Crippen molar-refractivity contribution in [3.8, 4) is 5.75 Å². The molecule has 0 radical (unpaired) electrons. The number of hydrogen-bond donors (Lipinski definition) is 2. The number of aliphatic carboxylic acids is 1. The van der Waals surface area contributed by atoms with Gasteiger partial charge in [0.1, 0.15) is 18.2 Å². The molecule has 0 aliphatic heterocycles. The third-order valence-corrected chi connectivity index (χ3v) is 2.78. The lowest BCUT2D eigenvalue weighted by Crippen LogP contribution is -2.44. The Morgan fingerprint density at radius 2 is 2.08 bits per heavy atom. The van der Waals surface area contributed by atoms with Crippen molar-refractivity contribution in [3.05, 3.63) is 42.2 Å². The number of nitrogens with one attached hydrogen (secondary N) is 1. The smallest absolute Gasteiger partial charge is 0.408 e. The zero-order chi connectivity index (χ0) is 18.3. The van der Waals surface area contributed by atoms with Crippen molar-refractivity contribution in [1.29, 1.82) is 0 Å². The van der Waals surface area contributed by atoms with E-state index in [9.17, 15) is 19.1 Å². The molecular weight excluding hydrogens is 317 g/mol. The fourth-order valence-corrected chi connectivity index (χ4v) is 1.82. The van der Waals surface area contributed by atoms with Crippen LogP contribution in [0.4, 0.5) is 9.18 Å². The molecule has 0 spiro atoms. The fraction of sp³-hybridized carbons (Fsp3) is 0.412. The minimum Gasteiger partial charge on any atom is -0.486 e. The van der Waals surface area contributed by atoms with Gasteiger partial charge in [0.15, 0.2) is 11.6 Å². The van der Waals surface area contributed by atoms with E-state index in [-0.39, 0.29) is 18.8 Å². The number of ether oxygens (including phenoxy) is 2. The van der Waals surface area contributed by atoms with Gasteiger partial charge in [0.2, 0.25) is 0 Å². The van der Waals surface area contributed by atoms with E-state index in [1.54, 1.807) is 20.8 Å². The number of amides is 1. The predicted molar refractivity (Wildman–Crippen MR) is 86.6 cm³/mol. The van der Waals surface area contributed by atoms with Gasteiger partial charge in [-0.3, -0.25) is 0 Å². The Morgan fingerprint density at radius 1 is 1.42 bits per heavy atom. The molecule has 0 saturated heterocycles. The molecule has 0 saturated carbocycles. The lowest BCUT2D eigenvalue weighted by Gasteiger charge is -2.22. The van der Waals surface area contributed by atoms with Crippen LogP contribution in [0.3, 0.4) is 0 Å². The van der Waals surface area contributed by atoms with Crippen LogP contribution in [0.5, 0.6) is 5.75 Å². The standard InChI is InChI=1S/C17H22FNO5/c1-5-8-23-14-7-6-11(9-12(14)18)10-13(15(20)21)19-16(22)24-17(2,3)4/h5-7,9,13H,1,8,10H2,2-4H3,(H,19,22)(H,20,21). The molecule has 1 unspecified atom stereocenters. The summed E-state index contributed by atoms with van der Waals surface area (Å²) in [5.74, 6) is -1.81. The van der Waals surface area contributed by atoms with Gasteiger partial charge < -0.3 is 19.9 Å². The molecule has 0 fully saturated rings. The highest BCUT2D eigenvalue weighted by Crippen LogP contribution is 2.19. The first kappa shape index (κ1) is 19.5. The van der Waals surface area contributed by atoms with E-state index in [0.29, 0.717) is 5.56 Å². The Morgan fingerprint density at radius 3 is 2.58 bits per heavy atom. The van der Waals surface area contributed by atoms with Crippen LogP contribution in [0.2, 0.25) is 0 Å². The molecule has 0 aliphatic rings. The van der Waals surface area contributed by atoms with E-state index in [4.69, 9.17) is 9.47 Å². The number of carbonyl (C=O) groups is 2. The van der Waals surface area contributed by atoms with Gasteiger partial charge in [0.05, 0.1) is 0 Å². The van der Waals surface area contributed by atoms with Crippen LogP contribution < -0.4 is 10.1 Å². The largest absolute Gasteiger partial charge is 0.486 e. The van der Waals surface area contributed by atoms with Gasteiger partial charge in [-0.15, -0.1) is 0 Å². The number of carbonyl (C=O) groups excluding carboxylic acids is 1. The van der Waals surface area contributed by atoms with Crippen molar-refractivity contribution in [3.63, 3.8) is 0 Å². The van der Waals surface area contributed by atoms with Gasteiger partial charge >= 0.3 is 12.1 Å². The zero-order valence-corrected chi connectivity index (χ0v) is 14.0. The third kappa shape index (κ3) is 6.68. The van der Waals surface area contributed by atoms with Gasteiger partial charge in [-0.2, -0.15) is 0 Å². The number of hydrogen-bond acceptors (Lipinski definition) is 4. The summed E-state index contributed by atoms with van der Waals surface area (Å²) in [6, 6.07) is 2.87. The predicted octanol–water partition coefficient (Wildman–Crippen LogP) is 2.91. The van der Waals surface area contributed by atoms with Crippen molar-refractivity contribution < 1.29 is 28.6 Å². The Bertz CT molecular complexity index is 609. The molecule has 1 amide bonds. The second kappa shape index (κ2) is 8.33. The zero-order valence-electron chi connectivity index (χ0n) is 14.0. The molecule has 6 nitrogen and oxygen atoms in total. The SMILES string of the molecule is C=CCOc1ccc(CC(NC(=O)OC(C)(C)C)C(=O)O)cc1F. The molecule has 0 heterocycles. The quantitative estimate of drug-likeness (QED) is 0.746. The third-order valence-electron chi connectivity index (χ3n) is 2.78. The monoisotopic (exact) mass is 339 g/mol. The summed E-state index contributed by atoms with van der Waals surface area (Å²) >= 11 is 0. The summed E-state index contributed by atoms with van der Waals surface area (Å²) in [4.78, 5) is 23.0. The highest BCUT2D eigenvalue weighted by atomic mass is 19.1. The van der Waals surface area contributed by atoms with Crippen LogP contribution in [0.25, 0.3) is 0 Å². The fourth-order valence-electron chi connectivity index (χ4n) is 1.82. The van der Waals surface area contributed by atoms with Gasteiger partial charge in [-0.05, 0) is 38.5 Å². The minimum atomic E-state index is -1.24. The van der Waals surface area contributed by atoms with E-state index in [1.165, 1.54) is 24.3 Å². The normalized spacial score (nSPS) is 12.2. The summed E-state index contributed by atoms with van der Waals surface area (Å²) in [7, 11) is 0. The molecule has 1 atom stereocenters. The van der Waals surface area contributed by atoms with Gasteiger partial charge in [-0.1, -0.05) is 18.7 Å². The number of alkyl carbamates (subject to hydrolysis) is 1. The number of carboxylic acid groups (broad SMARTS) is 1. The second-order valence-electron chi connectivity index (χ2n) is 6.11. The van der Waals surface area contributed by atoms with E-state index in [0.717, 1.165) is 0 Å². The lowest BCUT2D eigenvalue weighted by atomic mass is 10.1. The van der Waals surface area contributed by atoms with E-state index in [2.05, 4.69) is 11.9 Å². The molecule has 1 aromatic carbocycles. The summed E-state index contributed by atoms with van der Waals surface area (Å²) in [6.45, 7) is 8.63. The number of halogens is 1. The molecule has 1 rings (SSSR count). The average Bonchev–Trinajstić information content (AvgIpc) is 2.43. The van der Waals surface area contributed by atoms with E-state index < -0.39 is 29.5 Å². The summed E-state index contributed by atoms with van der Waals surface area (Å²) in [6.07, 6.45) is 0.549. The number of benzene rings is 1. The highest BCUT2D eigenvalue weighted by Gasteiger charge is 2.24. The maximum Gasteiger partial charge on any atom is 0.408 e. The Kier molecular flexibility index (Phi) is 6.76. The van der Waals surface area contributed by atoms with Crippen LogP contribution in [0, 0.1) is 5.82 Å². The Labute approximate surface area is 140 Å². The summed E-state index contributed by atoms with van der Waals surface area (Å²) in [5.41, 5.74) is -0.342. The molecule has 24 heavy (non-hydrogen) atoms. The van der Waals surface area contributed by atoms with Gasteiger partial charge in [0.25, 0.3) is 0 Å². The van der Waals surface area contributed by atoms with Crippen molar-refractivity contribution >= 4 is 12.1 Å².